The van der Waals surface area contributed by atoms with Gasteiger partial charge in [-0.1, -0.05) is 55.3 Å². The normalized spacial score (nSPS) is 17.6. The van der Waals surface area contributed by atoms with Gasteiger partial charge in [-0.05, 0) is 42.2 Å². The number of benzene rings is 2. The minimum absolute atomic E-state index is 0.109. The van der Waals surface area contributed by atoms with Gasteiger partial charge in [-0.3, -0.25) is 14.5 Å². The number of hydrogen-bond donors (Lipinski definition) is 3. The van der Waals surface area contributed by atoms with Crippen LogP contribution in [0.15, 0.2) is 48.5 Å². The summed E-state index contributed by atoms with van der Waals surface area (Å²) >= 11 is 6.37. The molecule has 3 amide bonds. The molecule has 2 aromatic carbocycles. The molecule has 0 spiro atoms. The lowest BCUT2D eigenvalue weighted by atomic mass is 9.98. The number of piperazine rings is 1. The van der Waals surface area contributed by atoms with E-state index in [1.807, 2.05) is 25.1 Å². The molecular weight excluding hydrogens is 499 g/mol. The molecular formula is C27H34ClFN4O4. The van der Waals surface area contributed by atoms with Crippen LogP contribution in [-0.2, 0) is 22.4 Å². The monoisotopic (exact) mass is 532 g/mol. The summed E-state index contributed by atoms with van der Waals surface area (Å²) in [7, 11) is 1.60. The van der Waals surface area contributed by atoms with Gasteiger partial charge in [0.2, 0.25) is 11.8 Å². The average molecular weight is 533 g/mol. The van der Waals surface area contributed by atoms with E-state index in [4.69, 9.17) is 11.6 Å². The second-order valence-corrected chi connectivity index (χ2v) is 9.63. The predicted molar refractivity (Wildman–Crippen MR) is 140 cm³/mol. The first-order valence-electron chi connectivity index (χ1n) is 12.5. The Balaban J connectivity index is 1.80. The van der Waals surface area contributed by atoms with E-state index in [-0.39, 0.29) is 24.3 Å². The SMILES string of the molecule is CCCC1CN(C(Cc2ccccc2Cl)C(=O)NC)CCN1C(=O)C(Cc1ccc(F)cc1)NC(=O)O. The van der Waals surface area contributed by atoms with Crippen molar-refractivity contribution in [3.05, 3.63) is 70.5 Å². The highest BCUT2D eigenvalue weighted by Gasteiger charge is 2.38. The maximum atomic E-state index is 13.6. The third-order valence-electron chi connectivity index (χ3n) is 6.73. The lowest BCUT2D eigenvalue weighted by Gasteiger charge is -2.45. The highest BCUT2D eigenvalue weighted by molar-refractivity contribution is 6.31. The molecule has 1 fully saturated rings. The highest BCUT2D eigenvalue weighted by atomic mass is 35.5. The number of nitrogens with zero attached hydrogens (tertiary/aromatic N) is 2. The van der Waals surface area contributed by atoms with E-state index < -0.39 is 24.0 Å². The van der Waals surface area contributed by atoms with Crippen LogP contribution < -0.4 is 10.6 Å². The van der Waals surface area contributed by atoms with Crippen molar-refractivity contribution in [1.82, 2.24) is 20.4 Å². The molecule has 0 aliphatic carbocycles. The van der Waals surface area contributed by atoms with Crippen molar-refractivity contribution in [2.45, 2.75) is 50.7 Å². The molecule has 8 nitrogen and oxygen atoms in total. The van der Waals surface area contributed by atoms with Gasteiger partial charge in [0.1, 0.15) is 11.9 Å². The molecule has 0 saturated carbocycles. The van der Waals surface area contributed by atoms with Crippen LogP contribution in [0.1, 0.15) is 30.9 Å². The summed E-state index contributed by atoms with van der Waals surface area (Å²) in [5, 5.41) is 15.1. The molecule has 10 heteroatoms. The van der Waals surface area contributed by atoms with Gasteiger partial charge in [0.05, 0.1) is 6.04 Å². The Morgan fingerprint density at radius 3 is 2.43 bits per heavy atom. The van der Waals surface area contributed by atoms with Crippen molar-refractivity contribution in [2.75, 3.05) is 26.7 Å². The standard InChI is InChI=1S/C27H34ClFN4O4/c1-3-6-21-17-32(24(25(34)30-2)16-19-7-4-5-8-22(19)28)13-14-33(21)26(35)23(31-27(36)37)15-18-9-11-20(29)12-10-18/h4-5,7-12,21,23-24,31H,3,6,13-17H2,1-2H3,(H,30,34)(H,36,37). The smallest absolute Gasteiger partial charge is 0.405 e. The summed E-state index contributed by atoms with van der Waals surface area (Å²) in [6, 6.07) is 11.4. The predicted octanol–water partition coefficient (Wildman–Crippen LogP) is 3.33. The van der Waals surface area contributed by atoms with Gasteiger partial charge in [0.15, 0.2) is 0 Å². The van der Waals surface area contributed by atoms with E-state index in [2.05, 4.69) is 15.5 Å². The number of hydrogen-bond acceptors (Lipinski definition) is 4. The van der Waals surface area contributed by atoms with Crippen molar-refractivity contribution in [1.29, 1.82) is 0 Å². The third-order valence-corrected chi connectivity index (χ3v) is 7.10. The van der Waals surface area contributed by atoms with Crippen molar-refractivity contribution >= 4 is 29.5 Å². The van der Waals surface area contributed by atoms with Crippen LogP contribution in [0, 0.1) is 5.82 Å². The molecule has 1 aliphatic rings. The highest BCUT2D eigenvalue weighted by Crippen LogP contribution is 2.23. The lowest BCUT2D eigenvalue weighted by Crippen LogP contribution is -2.63. The topological polar surface area (TPSA) is 102 Å². The second-order valence-electron chi connectivity index (χ2n) is 9.23. The van der Waals surface area contributed by atoms with E-state index in [0.29, 0.717) is 43.1 Å². The van der Waals surface area contributed by atoms with Crippen molar-refractivity contribution in [3.8, 4) is 0 Å². The first-order valence-corrected chi connectivity index (χ1v) is 12.8. The zero-order valence-electron chi connectivity index (χ0n) is 21.1. The van der Waals surface area contributed by atoms with Crippen LogP contribution in [-0.4, -0.2) is 77.6 Å². The number of carboxylic acid groups (broad SMARTS) is 1. The molecule has 0 bridgehead atoms. The minimum Gasteiger partial charge on any atom is -0.465 e. The van der Waals surface area contributed by atoms with Gasteiger partial charge in [-0.25, -0.2) is 9.18 Å². The van der Waals surface area contributed by atoms with Gasteiger partial charge in [0, 0.05) is 44.2 Å². The largest absolute Gasteiger partial charge is 0.465 e. The minimum atomic E-state index is -1.30. The Bertz CT molecular complexity index is 1080. The molecule has 37 heavy (non-hydrogen) atoms. The Morgan fingerprint density at radius 2 is 1.81 bits per heavy atom. The van der Waals surface area contributed by atoms with E-state index in [0.717, 1.165) is 12.0 Å². The molecule has 200 valence electrons. The molecule has 3 unspecified atom stereocenters. The average Bonchev–Trinajstić information content (AvgIpc) is 2.88. The fourth-order valence-corrected chi connectivity index (χ4v) is 5.08. The van der Waals surface area contributed by atoms with Crippen LogP contribution >= 0.6 is 11.6 Å². The molecule has 3 N–H and O–H groups in total. The van der Waals surface area contributed by atoms with Gasteiger partial charge in [-0.2, -0.15) is 0 Å². The second kappa shape index (κ2) is 13.4. The Labute approximate surface area is 221 Å². The molecule has 1 aliphatic heterocycles. The van der Waals surface area contributed by atoms with Crippen LogP contribution in [0.4, 0.5) is 9.18 Å². The summed E-state index contributed by atoms with van der Waals surface area (Å²) in [6.07, 6.45) is 0.750. The van der Waals surface area contributed by atoms with Gasteiger partial charge >= 0.3 is 6.09 Å². The maximum absolute atomic E-state index is 13.6. The summed E-state index contributed by atoms with van der Waals surface area (Å²) in [5.74, 6) is -0.858. The molecule has 2 aromatic rings. The fourth-order valence-electron chi connectivity index (χ4n) is 4.86. The van der Waals surface area contributed by atoms with Crippen LogP contribution in [0.3, 0.4) is 0 Å². The van der Waals surface area contributed by atoms with Gasteiger partial charge in [-0.15, -0.1) is 0 Å². The zero-order valence-corrected chi connectivity index (χ0v) is 21.9. The number of nitrogens with one attached hydrogen (secondary N) is 2. The Hall–Kier alpha value is -3.17. The zero-order chi connectivity index (χ0) is 26.9. The summed E-state index contributed by atoms with van der Waals surface area (Å²) in [5.41, 5.74) is 1.52. The summed E-state index contributed by atoms with van der Waals surface area (Å²) in [6.45, 7) is 3.29. The summed E-state index contributed by atoms with van der Waals surface area (Å²) < 4.78 is 13.3. The number of amides is 3. The molecule has 3 atom stereocenters. The fraction of sp³-hybridized carbons (Fsp3) is 0.444. The molecule has 1 saturated heterocycles. The van der Waals surface area contributed by atoms with Crippen molar-refractivity contribution in [3.63, 3.8) is 0 Å². The van der Waals surface area contributed by atoms with E-state index in [9.17, 15) is 23.9 Å². The van der Waals surface area contributed by atoms with Gasteiger partial charge in [0.25, 0.3) is 0 Å². The lowest BCUT2D eigenvalue weighted by molar-refractivity contribution is -0.140. The number of halogens is 2. The van der Waals surface area contributed by atoms with Crippen LogP contribution in [0.2, 0.25) is 5.02 Å². The van der Waals surface area contributed by atoms with Crippen LogP contribution in [0.25, 0.3) is 0 Å². The molecule has 3 rings (SSSR count). The van der Waals surface area contributed by atoms with E-state index >= 15 is 0 Å². The van der Waals surface area contributed by atoms with Crippen molar-refractivity contribution in [2.24, 2.45) is 0 Å². The molecule has 1 heterocycles. The number of likely N-dealkylation sites (N-methyl/N-ethyl adjacent to an activating group) is 1. The third kappa shape index (κ3) is 7.66. The molecule has 0 aromatic heterocycles. The molecule has 0 radical (unpaired) electrons. The number of carbonyl (C=O) groups excluding carboxylic acids is 2. The number of carbonyl (C=O) groups is 3. The van der Waals surface area contributed by atoms with Crippen LogP contribution in [0.5, 0.6) is 0 Å². The first kappa shape index (κ1) is 28.4. The number of rotatable bonds is 10. The van der Waals surface area contributed by atoms with Crippen molar-refractivity contribution < 1.29 is 23.9 Å². The first-order chi connectivity index (χ1) is 17.7. The summed E-state index contributed by atoms with van der Waals surface area (Å²) in [4.78, 5) is 41.8. The van der Waals surface area contributed by atoms with Gasteiger partial charge < -0.3 is 20.6 Å². The Kier molecular flexibility index (Phi) is 10.3. The van der Waals surface area contributed by atoms with E-state index in [1.54, 1.807) is 30.1 Å². The van der Waals surface area contributed by atoms with E-state index in [1.165, 1.54) is 12.1 Å². The maximum Gasteiger partial charge on any atom is 0.405 e. The Morgan fingerprint density at radius 1 is 1.11 bits per heavy atom. The quantitative estimate of drug-likeness (QED) is 0.436.